The van der Waals surface area contributed by atoms with Gasteiger partial charge < -0.3 is 36.1 Å². The first-order valence-corrected chi connectivity index (χ1v) is 19.3. The van der Waals surface area contributed by atoms with Crippen molar-refractivity contribution in [2.24, 2.45) is 9.98 Å². The van der Waals surface area contributed by atoms with Crippen LogP contribution < -0.4 is 42.4 Å². The highest BCUT2D eigenvalue weighted by Gasteiger charge is 2.24. The Balaban J connectivity index is -0.000000908. The summed E-state index contributed by atoms with van der Waals surface area (Å²) in [6.45, 7) is 19.6. The van der Waals surface area contributed by atoms with E-state index in [1.165, 1.54) is 6.20 Å². The molecule has 7 N–H and O–H groups in total. The number of allylic oxidation sites excluding steroid dienone is 2. The van der Waals surface area contributed by atoms with E-state index in [-0.39, 0.29) is 30.0 Å². The van der Waals surface area contributed by atoms with Crippen molar-refractivity contribution < 1.29 is 24.6 Å². The second-order valence-corrected chi connectivity index (χ2v) is 10.8. The summed E-state index contributed by atoms with van der Waals surface area (Å²) in [5.41, 5.74) is 14.3. The van der Waals surface area contributed by atoms with Gasteiger partial charge in [-0.15, -0.1) is 0 Å². The molecule has 0 radical (unpaired) electrons. The lowest BCUT2D eigenvalue weighted by molar-refractivity contribution is -0.121. The maximum absolute atomic E-state index is 12.4. The van der Waals surface area contributed by atoms with E-state index in [2.05, 4.69) is 62.8 Å². The van der Waals surface area contributed by atoms with E-state index in [1.54, 1.807) is 25.3 Å². The zero-order chi connectivity index (χ0) is 42.0. The van der Waals surface area contributed by atoms with Gasteiger partial charge in [0.2, 0.25) is 11.8 Å². The number of amides is 2. The molecule has 0 fully saturated rings. The van der Waals surface area contributed by atoms with E-state index in [1.807, 2.05) is 135 Å². The predicted octanol–water partition coefficient (Wildman–Crippen LogP) is 6.71. The Kier molecular flexibility index (Phi) is 21.7. The largest absolute Gasteiger partial charge is 0.439 e. The fourth-order valence-corrected chi connectivity index (χ4v) is 4.73. The van der Waals surface area contributed by atoms with Gasteiger partial charge in [0.25, 0.3) is 5.91 Å². The fourth-order valence-electron chi connectivity index (χ4n) is 4.73. The van der Waals surface area contributed by atoms with Crippen LogP contribution in [0.15, 0.2) is 112 Å². The molecule has 4 aromatic rings. The van der Waals surface area contributed by atoms with E-state index < -0.39 is 12.6 Å². The fraction of sp³-hybridized carbons (Fsp3) is 0.341. The summed E-state index contributed by atoms with van der Waals surface area (Å²) >= 11 is 0. The Bertz CT molecular complexity index is 1880. The highest BCUT2D eigenvalue weighted by atomic mass is 16.5. The highest BCUT2D eigenvalue weighted by Crippen LogP contribution is 2.18. The number of para-hydroxylation sites is 1. The van der Waals surface area contributed by atoms with Crippen LogP contribution in [0.2, 0.25) is 0 Å². The molecule has 7 rings (SSSR count). The van der Waals surface area contributed by atoms with Gasteiger partial charge >= 0.3 is 0 Å². The minimum atomic E-state index is -0.561. The number of hydrogen-bond donors (Lipinski definition) is 7. The Labute approximate surface area is 342 Å². The number of hydrogen-bond acceptors (Lipinski definition) is 14. The van der Waals surface area contributed by atoms with Crippen molar-refractivity contribution in [3.63, 3.8) is 0 Å². The van der Waals surface area contributed by atoms with Gasteiger partial charge in [0.1, 0.15) is 29.1 Å². The number of carbonyl (C=O) groups is 2. The van der Waals surface area contributed by atoms with Crippen molar-refractivity contribution in [3.05, 3.63) is 126 Å². The average Bonchev–Trinajstić information content (AvgIpc) is 4.03. The summed E-state index contributed by atoms with van der Waals surface area (Å²) in [5, 5.41) is 12.5. The smallest absolute Gasteiger partial charge is 0.255 e. The molecule has 0 saturated carbocycles. The number of hydrazine groups is 2. The predicted molar refractivity (Wildman–Crippen MR) is 233 cm³/mol. The van der Waals surface area contributed by atoms with Crippen LogP contribution >= 0.6 is 0 Å². The number of carbonyl (C=O) groups excluding carboxylic acids is 2. The van der Waals surface area contributed by atoms with Crippen LogP contribution in [0.1, 0.15) is 94.2 Å². The molecule has 3 atom stereocenters. The molecule has 3 aliphatic heterocycles. The second kappa shape index (κ2) is 26.4. The summed E-state index contributed by atoms with van der Waals surface area (Å²) in [6.07, 6.45) is 9.89. The van der Waals surface area contributed by atoms with Crippen LogP contribution in [0.4, 0.5) is 0 Å². The first-order valence-electron chi connectivity index (χ1n) is 19.3. The lowest BCUT2D eigenvalue weighted by atomic mass is 10.1. The molecule has 16 nitrogen and oxygen atoms in total. The molecular formula is C41H66N12O4. The molecule has 3 unspecified atom stereocenters. The third-order valence-electron chi connectivity index (χ3n) is 7.23. The number of ether oxygens (including phenoxy) is 1. The molecule has 0 bridgehead atoms. The van der Waals surface area contributed by atoms with Crippen LogP contribution in [-0.4, -0.2) is 57.2 Å². The van der Waals surface area contributed by atoms with Crippen molar-refractivity contribution in [1.82, 2.24) is 52.8 Å². The van der Waals surface area contributed by atoms with Crippen molar-refractivity contribution in [1.29, 1.82) is 0 Å². The van der Waals surface area contributed by atoms with Crippen LogP contribution in [0.5, 0.6) is 11.6 Å². The zero-order valence-corrected chi connectivity index (χ0v) is 34.5. The number of nitrogens with zero attached hydrogens (tertiary/aromatic N) is 5. The van der Waals surface area contributed by atoms with E-state index in [4.69, 9.17) is 9.26 Å². The number of nitrogens with one attached hydrogen (secondary N) is 7. The number of aromatic nitrogens is 3. The first kappa shape index (κ1) is 46.8. The van der Waals surface area contributed by atoms with Crippen molar-refractivity contribution in [3.8, 4) is 11.6 Å². The lowest BCUT2D eigenvalue weighted by Gasteiger charge is -2.14. The summed E-state index contributed by atoms with van der Waals surface area (Å²) in [7, 11) is 0. The topological polar surface area (TPSA) is 204 Å². The average molecular weight is 791 g/mol. The maximum atomic E-state index is 12.4. The minimum Gasteiger partial charge on any atom is -0.439 e. The number of dihydropyridines is 1. The quantitative estimate of drug-likeness (QED) is 0.0946. The Morgan fingerprint density at radius 3 is 2.12 bits per heavy atom. The van der Waals surface area contributed by atoms with Gasteiger partial charge in [0, 0.05) is 29.7 Å². The van der Waals surface area contributed by atoms with Gasteiger partial charge in [-0.1, -0.05) is 97.0 Å². The third-order valence-corrected chi connectivity index (χ3v) is 7.23. The number of amidine groups is 2. The standard InChI is InChI=1S/C19H18N6O2.C14H16N6O2.4C2H6.4H2/c26-18(23-19-22-17(24-25-19)15-8-4-5-11-20-15)13-9-10-16(21-12-13)27-14-6-2-1-3-7-14;1-8-10(9(2)22-20-8)7-12(21)16-14-17-13(18-19-14)11-5-3-4-6-15-11;4*1-2;;;;/h1-12,15,19-20,25H,(H,22,24)(H,23,26);3-6,14,19H,7H2,1-2H3,(H,16,21)(H,17,18);4*1-2H3;4*1H. The molecular weight excluding hydrogens is 725 g/mol. The molecule has 6 heterocycles. The van der Waals surface area contributed by atoms with E-state index in [0.717, 1.165) is 11.3 Å². The summed E-state index contributed by atoms with van der Waals surface area (Å²) < 4.78 is 10.7. The van der Waals surface area contributed by atoms with Crippen molar-refractivity contribution >= 4 is 23.5 Å². The van der Waals surface area contributed by atoms with Crippen molar-refractivity contribution in [2.75, 3.05) is 0 Å². The van der Waals surface area contributed by atoms with Crippen LogP contribution in [0, 0.1) is 13.8 Å². The second-order valence-electron chi connectivity index (χ2n) is 10.8. The monoisotopic (exact) mass is 791 g/mol. The molecule has 2 amide bonds. The van der Waals surface area contributed by atoms with Gasteiger partial charge in [-0.3, -0.25) is 14.6 Å². The van der Waals surface area contributed by atoms with Gasteiger partial charge in [-0.2, -0.15) is 10.9 Å². The Morgan fingerprint density at radius 1 is 0.807 bits per heavy atom. The van der Waals surface area contributed by atoms with Gasteiger partial charge in [-0.05, 0) is 56.5 Å². The summed E-state index contributed by atoms with van der Waals surface area (Å²) in [6, 6.07) is 18.1. The van der Waals surface area contributed by atoms with E-state index >= 15 is 0 Å². The third kappa shape index (κ3) is 15.0. The number of pyridine rings is 2. The lowest BCUT2D eigenvalue weighted by Crippen LogP contribution is -2.48. The van der Waals surface area contributed by atoms with Crippen molar-refractivity contribution in [2.45, 2.75) is 94.3 Å². The molecule has 3 aliphatic rings. The number of aliphatic imine (C=N–C) groups is 2. The Hall–Kier alpha value is -6.39. The summed E-state index contributed by atoms with van der Waals surface area (Å²) in [5.74, 6) is 2.59. The molecule has 314 valence electrons. The van der Waals surface area contributed by atoms with Crippen LogP contribution in [0.25, 0.3) is 0 Å². The first-order chi connectivity index (χ1) is 27.9. The molecule has 16 heteroatoms. The number of benzene rings is 1. The molecule has 1 aromatic carbocycles. The van der Waals surface area contributed by atoms with E-state index in [9.17, 15) is 9.59 Å². The zero-order valence-electron chi connectivity index (χ0n) is 34.5. The summed E-state index contributed by atoms with van der Waals surface area (Å²) in [4.78, 5) is 41.6. The number of aryl methyl sites for hydroxylation is 2. The van der Waals surface area contributed by atoms with Crippen LogP contribution in [-0.2, 0) is 11.2 Å². The van der Waals surface area contributed by atoms with Gasteiger partial charge in [0.05, 0.1) is 17.7 Å². The normalized spacial score (nSPS) is 16.6. The Morgan fingerprint density at radius 2 is 1.51 bits per heavy atom. The van der Waals surface area contributed by atoms with Gasteiger partial charge in [0.15, 0.2) is 18.4 Å². The molecule has 0 spiro atoms. The molecule has 3 aromatic heterocycles. The number of rotatable bonds is 9. The van der Waals surface area contributed by atoms with Crippen LogP contribution in [0.3, 0.4) is 0 Å². The molecule has 57 heavy (non-hydrogen) atoms. The van der Waals surface area contributed by atoms with E-state index in [0.29, 0.717) is 40.3 Å². The van der Waals surface area contributed by atoms with Gasteiger partial charge in [-0.25, -0.2) is 15.0 Å². The minimum absolute atomic E-state index is 0. The molecule has 0 aliphatic carbocycles. The highest BCUT2D eigenvalue weighted by molar-refractivity contribution is 5.98. The maximum Gasteiger partial charge on any atom is 0.255 e. The molecule has 0 saturated heterocycles. The SMILES string of the molecule is CC.CC.CC.CC.Cc1noc(C)c1CC(=O)NC1N=C(c2ccccn2)NN1.O=C(NC1N=C(C2C=CC=CN2)NN1)c1ccc(Oc2ccccc2)nc1.[HH].[HH].[HH].[HH].